The number of carboxylic acids is 1. The Balaban J connectivity index is 1.64. The van der Waals surface area contributed by atoms with Crippen molar-refractivity contribution < 1.29 is 18.3 Å². The van der Waals surface area contributed by atoms with Gasteiger partial charge in [-0.1, -0.05) is 6.07 Å². The van der Waals surface area contributed by atoms with Crippen LogP contribution in [0.3, 0.4) is 0 Å². The van der Waals surface area contributed by atoms with E-state index in [0.717, 1.165) is 17.9 Å². The number of carbonyl (C=O) groups is 1. The predicted molar refractivity (Wildman–Crippen MR) is 89.6 cm³/mol. The van der Waals surface area contributed by atoms with Gasteiger partial charge >= 0.3 is 5.97 Å². The van der Waals surface area contributed by atoms with E-state index in [0.29, 0.717) is 26.2 Å². The van der Waals surface area contributed by atoms with Crippen molar-refractivity contribution in [1.29, 1.82) is 0 Å². The largest absolute Gasteiger partial charge is 0.477 e. The molecule has 0 spiro atoms. The van der Waals surface area contributed by atoms with Gasteiger partial charge in [-0.15, -0.1) is 22.7 Å². The van der Waals surface area contributed by atoms with Crippen LogP contribution in [0, 0.1) is 0 Å². The van der Waals surface area contributed by atoms with Crippen LogP contribution in [0.2, 0.25) is 0 Å². The van der Waals surface area contributed by atoms with Gasteiger partial charge < -0.3 is 5.11 Å². The lowest BCUT2D eigenvalue weighted by atomic mass is 10.3. The Morgan fingerprint density at radius 1 is 1.22 bits per heavy atom. The number of nitrogens with zero attached hydrogens (tertiary/aromatic N) is 2. The molecular formula is C14H16N2O4S3. The molecule has 1 aliphatic heterocycles. The first-order valence-electron chi connectivity index (χ1n) is 7.03. The van der Waals surface area contributed by atoms with E-state index in [1.807, 2.05) is 11.4 Å². The summed E-state index contributed by atoms with van der Waals surface area (Å²) in [5.74, 6) is -1.10. The van der Waals surface area contributed by atoms with Crippen LogP contribution in [0.4, 0.5) is 0 Å². The first-order chi connectivity index (χ1) is 11.0. The van der Waals surface area contributed by atoms with E-state index in [1.165, 1.54) is 20.6 Å². The van der Waals surface area contributed by atoms with Crippen LogP contribution in [0.15, 0.2) is 33.9 Å². The zero-order valence-electron chi connectivity index (χ0n) is 12.2. The van der Waals surface area contributed by atoms with Gasteiger partial charge in [-0.25, -0.2) is 13.2 Å². The zero-order valence-corrected chi connectivity index (χ0v) is 14.7. The molecule has 0 amide bonds. The summed E-state index contributed by atoms with van der Waals surface area (Å²) in [7, 11) is -3.60. The fourth-order valence-electron chi connectivity index (χ4n) is 2.47. The molecule has 1 aliphatic rings. The van der Waals surface area contributed by atoms with E-state index in [1.54, 1.807) is 11.3 Å². The van der Waals surface area contributed by atoms with Gasteiger partial charge in [0.25, 0.3) is 0 Å². The van der Waals surface area contributed by atoms with Gasteiger partial charge in [0.2, 0.25) is 10.0 Å². The number of sulfonamides is 1. The van der Waals surface area contributed by atoms with Crippen LogP contribution in [-0.2, 0) is 16.6 Å². The van der Waals surface area contributed by atoms with Crippen molar-refractivity contribution in [1.82, 2.24) is 9.21 Å². The SMILES string of the molecule is O=C(O)c1cc(S(=O)(=O)N2CCN(Cc3cccs3)CC2)cs1. The molecular weight excluding hydrogens is 356 g/mol. The first-order valence-corrected chi connectivity index (χ1v) is 10.2. The van der Waals surface area contributed by atoms with Crippen LogP contribution in [0.25, 0.3) is 0 Å². The van der Waals surface area contributed by atoms with E-state index >= 15 is 0 Å². The molecule has 2 aromatic rings. The fourth-order valence-corrected chi connectivity index (χ4v) is 5.73. The van der Waals surface area contributed by atoms with Gasteiger partial charge in [0.15, 0.2) is 0 Å². The second-order valence-corrected chi connectivity index (χ2v) is 9.09. The fraction of sp³-hybridized carbons (Fsp3) is 0.357. The zero-order chi connectivity index (χ0) is 16.4. The summed E-state index contributed by atoms with van der Waals surface area (Å²) in [5, 5.41) is 12.4. The standard InChI is InChI=1S/C14H16N2O4S3/c17-14(18)13-8-12(10-22-13)23(19,20)16-5-3-15(4-6-16)9-11-2-1-7-21-11/h1-2,7-8,10H,3-6,9H2,(H,17,18). The van der Waals surface area contributed by atoms with Crippen molar-refractivity contribution in [2.75, 3.05) is 26.2 Å². The second kappa shape index (κ2) is 6.70. The highest BCUT2D eigenvalue weighted by molar-refractivity contribution is 7.89. The highest BCUT2D eigenvalue weighted by Crippen LogP contribution is 2.24. The minimum Gasteiger partial charge on any atom is -0.477 e. The van der Waals surface area contributed by atoms with E-state index in [4.69, 9.17) is 5.11 Å². The molecule has 3 heterocycles. The number of carboxylic acid groups (broad SMARTS) is 1. The molecule has 1 saturated heterocycles. The third-order valence-corrected chi connectivity index (χ3v) is 7.52. The summed E-state index contributed by atoms with van der Waals surface area (Å²) in [6, 6.07) is 5.32. The van der Waals surface area contributed by atoms with E-state index in [9.17, 15) is 13.2 Å². The number of hydrogen-bond donors (Lipinski definition) is 1. The van der Waals surface area contributed by atoms with Crippen molar-refractivity contribution in [2.24, 2.45) is 0 Å². The van der Waals surface area contributed by atoms with Crippen LogP contribution >= 0.6 is 22.7 Å². The maximum atomic E-state index is 12.6. The molecule has 0 aromatic carbocycles. The maximum absolute atomic E-state index is 12.6. The summed E-state index contributed by atoms with van der Waals surface area (Å²) < 4.78 is 26.6. The molecule has 6 nitrogen and oxygen atoms in total. The quantitative estimate of drug-likeness (QED) is 0.869. The van der Waals surface area contributed by atoms with Crippen molar-refractivity contribution in [3.05, 3.63) is 38.7 Å². The lowest BCUT2D eigenvalue weighted by Crippen LogP contribution is -2.48. The van der Waals surface area contributed by atoms with Gasteiger partial charge in [-0.05, 0) is 17.5 Å². The molecule has 3 rings (SSSR count). The minimum absolute atomic E-state index is 0.0416. The monoisotopic (exact) mass is 372 g/mol. The molecule has 0 saturated carbocycles. The lowest BCUT2D eigenvalue weighted by molar-refractivity contribution is 0.0702. The lowest BCUT2D eigenvalue weighted by Gasteiger charge is -2.33. The molecule has 2 aromatic heterocycles. The summed E-state index contributed by atoms with van der Waals surface area (Å²) in [4.78, 5) is 14.5. The third kappa shape index (κ3) is 3.64. The summed E-state index contributed by atoms with van der Waals surface area (Å²) in [5.41, 5.74) is 0. The smallest absolute Gasteiger partial charge is 0.345 e. The van der Waals surface area contributed by atoms with Crippen LogP contribution in [0.1, 0.15) is 14.5 Å². The van der Waals surface area contributed by atoms with Gasteiger partial charge in [0, 0.05) is 43.0 Å². The van der Waals surface area contributed by atoms with Crippen molar-refractivity contribution in [3.63, 3.8) is 0 Å². The molecule has 1 fully saturated rings. The molecule has 0 aliphatic carbocycles. The first kappa shape index (κ1) is 16.6. The second-order valence-electron chi connectivity index (χ2n) is 5.21. The molecule has 23 heavy (non-hydrogen) atoms. The average Bonchev–Trinajstić information content (AvgIpc) is 3.19. The highest BCUT2D eigenvalue weighted by Gasteiger charge is 2.29. The maximum Gasteiger partial charge on any atom is 0.345 e. The van der Waals surface area contributed by atoms with Gasteiger partial charge in [0.05, 0.1) is 4.90 Å². The highest BCUT2D eigenvalue weighted by atomic mass is 32.2. The number of rotatable bonds is 5. The topological polar surface area (TPSA) is 77.9 Å². The Labute approximate surface area is 142 Å². The molecule has 0 atom stereocenters. The predicted octanol–water partition coefficient (Wildman–Crippen LogP) is 2.01. The molecule has 0 radical (unpaired) electrons. The van der Waals surface area contributed by atoms with Crippen LogP contribution < -0.4 is 0 Å². The van der Waals surface area contributed by atoms with Crippen molar-refractivity contribution >= 4 is 38.7 Å². The minimum atomic E-state index is -3.60. The Morgan fingerprint density at radius 2 is 1.96 bits per heavy atom. The number of aromatic carboxylic acids is 1. The summed E-state index contributed by atoms with van der Waals surface area (Å²) >= 11 is 2.63. The van der Waals surface area contributed by atoms with Crippen LogP contribution in [0.5, 0.6) is 0 Å². The normalized spacial score (nSPS) is 17.4. The van der Waals surface area contributed by atoms with E-state index in [-0.39, 0.29) is 9.77 Å². The van der Waals surface area contributed by atoms with Crippen molar-refractivity contribution in [3.8, 4) is 0 Å². The third-order valence-electron chi connectivity index (χ3n) is 3.71. The average molecular weight is 372 g/mol. The molecule has 0 unspecified atom stereocenters. The van der Waals surface area contributed by atoms with Crippen LogP contribution in [-0.4, -0.2) is 54.9 Å². The molecule has 0 bridgehead atoms. The number of hydrogen-bond acceptors (Lipinski definition) is 6. The van der Waals surface area contributed by atoms with Crippen molar-refractivity contribution in [2.45, 2.75) is 11.4 Å². The van der Waals surface area contributed by atoms with E-state index in [2.05, 4.69) is 11.0 Å². The Hall–Kier alpha value is -1.26. The molecule has 9 heteroatoms. The summed E-state index contributed by atoms with van der Waals surface area (Å²) in [6.45, 7) is 3.03. The number of piperazine rings is 1. The Morgan fingerprint density at radius 3 is 2.52 bits per heavy atom. The van der Waals surface area contributed by atoms with E-state index < -0.39 is 16.0 Å². The molecule has 124 valence electrons. The number of thiophene rings is 2. The Kier molecular flexibility index (Phi) is 4.83. The van der Waals surface area contributed by atoms with Gasteiger partial charge in [-0.3, -0.25) is 4.90 Å². The van der Waals surface area contributed by atoms with Gasteiger partial charge in [0.1, 0.15) is 4.88 Å². The Bertz CT molecular complexity index is 775. The summed E-state index contributed by atoms with van der Waals surface area (Å²) in [6.07, 6.45) is 0. The molecule has 1 N–H and O–H groups in total. The van der Waals surface area contributed by atoms with Gasteiger partial charge in [-0.2, -0.15) is 4.31 Å².